The third-order valence-corrected chi connectivity index (χ3v) is 4.23. The van der Waals surface area contributed by atoms with Gasteiger partial charge in [0.05, 0.1) is 12.0 Å². The summed E-state index contributed by atoms with van der Waals surface area (Å²) in [7, 11) is -2.30. The van der Waals surface area contributed by atoms with Gasteiger partial charge in [0.2, 0.25) is 0 Å². The van der Waals surface area contributed by atoms with Crippen LogP contribution in [-0.4, -0.2) is 21.5 Å². The largest absolute Gasteiger partial charge is 0.466 e. The van der Waals surface area contributed by atoms with Gasteiger partial charge in [-0.25, -0.2) is 13.2 Å². The average Bonchev–Trinajstić information content (AvgIpc) is 2.54. The summed E-state index contributed by atoms with van der Waals surface area (Å²) in [6.07, 6.45) is 2.88. The summed E-state index contributed by atoms with van der Waals surface area (Å²) in [5.74, 6) is -0.450. The molecule has 0 fully saturated rings. The van der Waals surface area contributed by atoms with E-state index >= 15 is 0 Å². The SMILES string of the molecule is COC(=O)/C=C/c1ccc(NS(=O)(=O)c2ccccc2)cc1. The molecule has 0 radical (unpaired) electrons. The van der Waals surface area contributed by atoms with Gasteiger partial charge in [0.25, 0.3) is 10.0 Å². The van der Waals surface area contributed by atoms with E-state index in [9.17, 15) is 13.2 Å². The van der Waals surface area contributed by atoms with Crippen molar-refractivity contribution in [2.75, 3.05) is 11.8 Å². The van der Waals surface area contributed by atoms with Gasteiger partial charge in [-0.15, -0.1) is 0 Å². The molecule has 0 aromatic heterocycles. The Bertz CT molecular complexity index is 766. The van der Waals surface area contributed by atoms with Crippen LogP contribution in [0.25, 0.3) is 6.08 Å². The number of nitrogens with one attached hydrogen (secondary N) is 1. The van der Waals surface area contributed by atoms with E-state index in [4.69, 9.17) is 0 Å². The lowest BCUT2D eigenvalue weighted by Crippen LogP contribution is -2.12. The zero-order valence-corrected chi connectivity index (χ0v) is 12.7. The minimum absolute atomic E-state index is 0.199. The van der Waals surface area contributed by atoms with E-state index in [0.29, 0.717) is 5.69 Å². The quantitative estimate of drug-likeness (QED) is 0.680. The van der Waals surface area contributed by atoms with Crippen LogP contribution in [0.15, 0.2) is 65.6 Å². The second-order valence-electron chi connectivity index (χ2n) is 4.40. The van der Waals surface area contributed by atoms with Gasteiger partial charge in [0.1, 0.15) is 0 Å². The van der Waals surface area contributed by atoms with Crippen molar-refractivity contribution in [2.45, 2.75) is 4.90 Å². The topological polar surface area (TPSA) is 72.5 Å². The third-order valence-electron chi connectivity index (χ3n) is 2.83. The van der Waals surface area contributed by atoms with Crippen LogP contribution in [0.5, 0.6) is 0 Å². The summed E-state index contributed by atoms with van der Waals surface area (Å²) < 4.78 is 31.3. The van der Waals surface area contributed by atoms with E-state index in [-0.39, 0.29) is 4.90 Å². The highest BCUT2D eigenvalue weighted by Gasteiger charge is 2.12. The summed E-state index contributed by atoms with van der Waals surface area (Å²) in [6, 6.07) is 14.8. The Morgan fingerprint density at radius 1 is 1.05 bits per heavy atom. The van der Waals surface area contributed by atoms with Crippen LogP contribution in [0, 0.1) is 0 Å². The van der Waals surface area contributed by atoms with Crippen LogP contribution in [-0.2, 0) is 19.6 Å². The number of esters is 1. The molecular formula is C16H15NO4S. The zero-order valence-electron chi connectivity index (χ0n) is 11.9. The Balaban J connectivity index is 2.12. The van der Waals surface area contributed by atoms with Crippen LogP contribution < -0.4 is 4.72 Å². The van der Waals surface area contributed by atoms with Crippen molar-refractivity contribution in [1.29, 1.82) is 0 Å². The monoisotopic (exact) mass is 317 g/mol. The maximum absolute atomic E-state index is 12.2. The number of rotatable bonds is 5. The molecule has 114 valence electrons. The molecule has 0 atom stereocenters. The Labute approximate surface area is 129 Å². The lowest BCUT2D eigenvalue weighted by Gasteiger charge is -2.08. The van der Waals surface area contributed by atoms with E-state index in [0.717, 1.165) is 5.56 Å². The van der Waals surface area contributed by atoms with Gasteiger partial charge in [-0.05, 0) is 35.9 Å². The second kappa shape index (κ2) is 6.91. The molecule has 0 saturated carbocycles. The van der Waals surface area contributed by atoms with Crippen LogP contribution in [0.3, 0.4) is 0 Å². The molecule has 2 aromatic carbocycles. The van der Waals surface area contributed by atoms with Crippen molar-refractivity contribution in [1.82, 2.24) is 0 Å². The molecule has 0 amide bonds. The fraction of sp³-hybridized carbons (Fsp3) is 0.0625. The number of anilines is 1. The van der Waals surface area contributed by atoms with Crippen LogP contribution in [0.2, 0.25) is 0 Å². The molecule has 0 aliphatic carbocycles. The molecule has 2 aromatic rings. The van der Waals surface area contributed by atoms with Gasteiger partial charge in [-0.3, -0.25) is 4.72 Å². The molecule has 0 saturated heterocycles. The molecule has 1 N–H and O–H groups in total. The highest BCUT2D eigenvalue weighted by molar-refractivity contribution is 7.92. The summed E-state index contributed by atoms with van der Waals surface area (Å²) in [6.45, 7) is 0. The van der Waals surface area contributed by atoms with Crippen LogP contribution in [0.1, 0.15) is 5.56 Å². The molecule has 0 heterocycles. The van der Waals surface area contributed by atoms with Crippen molar-refractivity contribution < 1.29 is 17.9 Å². The molecule has 0 unspecified atom stereocenters. The van der Waals surface area contributed by atoms with Gasteiger partial charge in [0, 0.05) is 11.8 Å². The van der Waals surface area contributed by atoms with Gasteiger partial charge in [-0.2, -0.15) is 0 Å². The number of methoxy groups -OCH3 is 1. The van der Waals surface area contributed by atoms with E-state index in [1.165, 1.54) is 25.3 Å². The van der Waals surface area contributed by atoms with Crippen molar-refractivity contribution in [2.24, 2.45) is 0 Å². The molecule has 0 aliphatic heterocycles. The predicted octanol–water partition coefficient (Wildman–Crippen LogP) is 2.67. The Kier molecular flexibility index (Phi) is 4.95. The number of ether oxygens (including phenoxy) is 1. The van der Waals surface area contributed by atoms with E-state index in [1.54, 1.807) is 48.5 Å². The van der Waals surface area contributed by atoms with Crippen molar-refractivity contribution in [3.05, 3.63) is 66.2 Å². The summed E-state index contributed by atoms with van der Waals surface area (Å²) in [5, 5.41) is 0. The highest BCUT2D eigenvalue weighted by atomic mass is 32.2. The minimum atomic E-state index is -3.60. The second-order valence-corrected chi connectivity index (χ2v) is 6.08. The maximum Gasteiger partial charge on any atom is 0.330 e. The highest BCUT2D eigenvalue weighted by Crippen LogP contribution is 2.16. The molecular weight excluding hydrogens is 302 g/mol. The van der Waals surface area contributed by atoms with E-state index < -0.39 is 16.0 Å². The average molecular weight is 317 g/mol. The number of hydrogen-bond donors (Lipinski definition) is 1. The smallest absolute Gasteiger partial charge is 0.330 e. The normalized spacial score (nSPS) is 11.3. The third kappa shape index (κ3) is 4.20. The molecule has 22 heavy (non-hydrogen) atoms. The molecule has 2 rings (SSSR count). The molecule has 0 aliphatic rings. The minimum Gasteiger partial charge on any atom is -0.466 e. The Hall–Kier alpha value is -2.60. The number of carbonyl (C=O) groups is 1. The van der Waals surface area contributed by atoms with Gasteiger partial charge in [0.15, 0.2) is 0 Å². The van der Waals surface area contributed by atoms with Crippen molar-refractivity contribution in [3.63, 3.8) is 0 Å². The molecule has 0 bridgehead atoms. The van der Waals surface area contributed by atoms with Crippen molar-refractivity contribution >= 4 is 27.8 Å². The van der Waals surface area contributed by atoms with Crippen molar-refractivity contribution in [3.8, 4) is 0 Å². The van der Waals surface area contributed by atoms with E-state index in [2.05, 4.69) is 9.46 Å². The first-order valence-electron chi connectivity index (χ1n) is 6.45. The molecule has 0 spiro atoms. The van der Waals surface area contributed by atoms with Gasteiger partial charge < -0.3 is 4.74 Å². The Morgan fingerprint density at radius 3 is 2.27 bits per heavy atom. The van der Waals surface area contributed by atoms with Gasteiger partial charge >= 0.3 is 5.97 Å². The predicted molar refractivity (Wildman–Crippen MR) is 84.7 cm³/mol. The molecule has 6 heteroatoms. The fourth-order valence-electron chi connectivity index (χ4n) is 1.71. The van der Waals surface area contributed by atoms with Gasteiger partial charge in [-0.1, -0.05) is 30.3 Å². The number of hydrogen-bond acceptors (Lipinski definition) is 4. The summed E-state index contributed by atoms with van der Waals surface area (Å²) >= 11 is 0. The Morgan fingerprint density at radius 2 is 1.68 bits per heavy atom. The van der Waals surface area contributed by atoms with Crippen LogP contribution in [0.4, 0.5) is 5.69 Å². The fourth-order valence-corrected chi connectivity index (χ4v) is 2.79. The standard InChI is InChI=1S/C16H15NO4S/c1-21-16(18)12-9-13-7-10-14(11-8-13)17-22(19,20)15-5-3-2-4-6-15/h2-12,17H,1H3/b12-9+. The first-order valence-corrected chi connectivity index (χ1v) is 7.93. The summed E-state index contributed by atoms with van der Waals surface area (Å²) in [4.78, 5) is 11.2. The number of carbonyl (C=O) groups excluding carboxylic acids is 1. The van der Waals surface area contributed by atoms with E-state index in [1.807, 2.05) is 0 Å². The zero-order chi connectivity index (χ0) is 16.0. The first-order chi connectivity index (χ1) is 10.5. The first kappa shape index (κ1) is 15.8. The number of sulfonamides is 1. The number of benzene rings is 2. The molecule has 5 nitrogen and oxygen atoms in total. The lowest BCUT2D eigenvalue weighted by atomic mass is 10.2. The summed E-state index contributed by atoms with van der Waals surface area (Å²) in [5.41, 5.74) is 1.20. The lowest BCUT2D eigenvalue weighted by molar-refractivity contribution is -0.134. The van der Waals surface area contributed by atoms with Crippen LogP contribution >= 0.6 is 0 Å². The maximum atomic E-state index is 12.2.